The van der Waals surface area contributed by atoms with E-state index >= 15 is 0 Å². The Bertz CT molecular complexity index is 147. The second-order valence-electron chi connectivity index (χ2n) is 3.04. The molecule has 1 atom stereocenters. The molecule has 0 radical (unpaired) electrons. The molecule has 11 heavy (non-hydrogen) atoms. The molecule has 0 aromatic rings. The molecular weight excluding hydrogens is 142 g/mol. The predicted octanol–water partition coefficient (Wildman–Crippen LogP) is 0.644. The molecule has 0 saturated carbocycles. The van der Waals surface area contributed by atoms with Gasteiger partial charge in [0.15, 0.2) is 0 Å². The summed E-state index contributed by atoms with van der Waals surface area (Å²) in [5.74, 6) is -0.0859. The van der Waals surface area contributed by atoms with Gasteiger partial charge in [-0.2, -0.15) is 0 Å². The summed E-state index contributed by atoms with van der Waals surface area (Å²) in [4.78, 5) is 13.0. The van der Waals surface area contributed by atoms with Crippen LogP contribution in [-0.2, 0) is 9.53 Å². The van der Waals surface area contributed by atoms with Gasteiger partial charge in [0.05, 0.1) is 6.54 Å². The van der Waals surface area contributed by atoms with Crippen LogP contribution in [0.5, 0.6) is 0 Å². The average Bonchev–Trinajstić information content (AvgIpc) is 1.85. The molecular formula is C8H15NO2. The molecule has 1 fully saturated rings. The van der Waals surface area contributed by atoms with Crippen molar-refractivity contribution in [1.82, 2.24) is 4.90 Å². The smallest absolute Gasteiger partial charge is 0.320 e. The van der Waals surface area contributed by atoms with E-state index in [1.807, 2.05) is 6.92 Å². The maximum atomic E-state index is 10.9. The molecule has 0 bridgehead atoms. The van der Waals surface area contributed by atoms with Gasteiger partial charge < -0.3 is 4.74 Å². The highest BCUT2D eigenvalue weighted by Crippen LogP contribution is 2.05. The minimum absolute atomic E-state index is 0.0720. The molecule has 64 valence electrons. The lowest BCUT2D eigenvalue weighted by Crippen LogP contribution is -2.44. The fourth-order valence-electron chi connectivity index (χ4n) is 1.40. The Labute approximate surface area is 67.3 Å². The zero-order valence-corrected chi connectivity index (χ0v) is 7.17. The van der Waals surface area contributed by atoms with Crippen LogP contribution in [0.4, 0.5) is 0 Å². The number of nitrogens with zero attached hydrogens (tertiary/aromatic N) is 1. The largest absolute Gasteiger partial charge is 0.460 e. The van der Waals surface area contributed by atoms with E-state index in [-0.39, 0.29) is 12.1 Å². The summed E-state index contributed by atoms with van der Waals surface area (Å²) >= 11 is 0. The number of ether oxygens (including phenoxy) is 1. The van der Waals surface area contributed by atoms with Crippen LogP contribution in [0.25, 0.3) is 0 Å². The summed E-state index contributed by atoms with van der Waals surface area (Å²) < 4.78 is 4.98. The fourth-order valence-corrected chi connectivity index (χ4v) is 1.40. The quantitative estimate of drug-likeness (QED) is 0.551. The van der Waals surface area contributed by atoms with Crippen LogP contribution in [0.1, 0.15) is 20.3 Å². The van der Waals surface area contributed by atoms with E-state index in [1.54, 1.807) is 0 Å². The van der Waals surface area contributed by atoms with Gasteiger partial charge in [0.1, 0.15) is 6.10 Å². The summed E-state index contributed by atoms with van der Waals surface area (Å²) in [5, 5.41) is 0. The molecule has 1 aliphatic heterocycles. The first-order chi connectivity index (χ1) is 5.22. The molecule has 0 aromatic heterocycles. The predicted molar refractivity (Wildman–Crippen MR) is 42.3 cm³/mol. The van der Waals surface area contributed by atoms with Crippen LogP contribution >= 0.6 is 0 Å². The summed E-state index contributed by atoms with van der Waals surface area (Å²) in [6.07, 6.45) is 1.17. The SMILES string of the molecule is CCCN1CC(=O)OC(C)C1. The van der Waals surface area contributed by atoms with Crippen LogP contribution < -0.4 is 0 Å². The molecule has 1 aliphatic rings. The van der Waals surface area contributed by atoms with Crippen molar-refractivity contribution in [2.75, 3.05) is 19.6 Å². The second-order valence-corrected chi connectivity index (χ2v) is 3.04. The van der Waals surface area contributed by atoms with Crippen molar-refractivity contribution < 1.29 is 9.53 Å². The number of morpholine rings is 1. The van der Waals surface area contributed by atoms with Crippen molar-refractivity contribution in [2.45, 2.75) is 26.4 Å². The van der Waals surface area contributed by atoms with Crippen LogP contribution in [0, 0.1) is 0 Å². The zero-order valence-electron chi connectivity index (χ0n) is 7.17. The molecule has 0 aliphatic carbocycles. The molecule has 1 rings (SSSR count). The second kappa shape index (κ2) is 3.72. The molecule has 1 unspecified atom stereocenters. The van der Waals surface area contributed by atoms with Crippen molar-refractivity contribution in [3.8, 4) is 0 Å². The number of hydrogen-bond acceptors (Lipinski definition) is 3. The number of esters is 1. The van der Waals surface area contributed by atoms with Gasteiger partial charge in [-0.05, 0) is 19.9 Å². The van der Waals surface area contributed by atoms with E-state index in [9.17, 15) is 4.79 Å². The van der Waals surface area contributed by atoms with Crippen molar-refractivity contribution >= 4 is 5.97 Å². The van der Waals surface area contributed by atoms with Gasteiger partial charge in [-0.15, -0.1) is 0 Å². The Morgan fingerprint density at radius 2 is 2.45 bits per heavy atom. The van der Waals surface area contributed by atoms with Crippen LogP contribution in [0.15, 0.2) is 0 Å². The molecule has 1 heterocycles. The lowest BCUT2D eigenvalue weighted by molar-refractivity contribution is -0.157. The number of rotatable bonds is 2. The molecule has 0 aromatic carbocycles. The minimum Gasteiger partial charge on any atom is -0.460 e. The first kappa shape index (κ1) is 8.53. The van der Waals surface area contributed by atoms with E-state index in [4.69, 9.17) is 4.74 Å². The topological polar surface area (TPSA) is 29.5 Å². The maximum Gasteiger partial charge on any atom is 0.320 e. The Balaban J connectivity index is 2.36. The molecule has 3 heteroatoms. The van der Waals surface area contributed by atoms with Gasteiger partial charge in [0.25, 0.3) is 0 Å². The number of hydrogen-bond donors (Lipinski definition) is 0. The lowest BCUT2D eigenvalue weighted by atomic mass is 10.3. The van der Waals surface area contributed by atoms with Crippen LogP contribution in [-0.4, -0.2) is 36.6 Å². The van der Waals surface area contributed by atoms with E-state index in [0.29, 0.717) is 6.54 Å². The van der Waals surface area contributed by atoms with Crippen molar-refractivity contribution in [2.24, 2.45) is 0 Å². The highest BCUT2D eigenvalue weighted by atomic mass is 16.5. The monoisotopic (exact) mass is 157 g/mol. The highest BCUT2D eigenvalue weighted by molar-refractivity contribution is 5.72. The van der Waals surface area contributed by atoms with E-state index in [0.717, 1.165) is 19.5 Å². The van der Waals surface area contributed by atoms with E-state index in [1.165, 1.54) is 0 Å². The summed E-state index contributed by atoms with van der Waals surface area (Å²) in [6.45, 7) is 6.40. The summed E-state index contributed by atoms with van der Waals surface area (Å²) in [7, 11) is 0. The Morgan fingerprint density at radius 1 is 1.73 bits per heavy atom. The molecule has 0 N–H and O–H groups in total. The van der Waals surface area contributed by atoms with Gasteiger partial charge in [0, 0.05) is 6.54 Å². The van der Waals surface area contributed by atoms with Crippen molar-refractivity contribution in [3.05, 3.63) is 0 Å². The molecule has 0 amide bonds. The first-order valence-electron chi connectivity index (χ1n) is 4.14. The standard InChI is InChI=1S/C8H15NO2/c1-3-4-9-5-7(2)11-8(10)6-9/h7H,3-6H2,1-2H3. The number of carbonyl (C=O) groups excluding carboxylic acids is 1. The third-order valence-corrected chi connectivity index (χ3v) is 1.74. The van der Waals surface area contributed by atoms with E-state index in [2.05, 4.69) is 11.8 Å². The lowest BCUT2D eigenvalue weighted by Gasteiger charge is -2.29. The Kier molecular flexibility index (Phi) is 2.88. The van der Waals surface area contributed by atoms with Gasteiger partial charge in [-0.1, -0.05) is 6.92 Å². The maximum absolute atomic E-state index is 10.9. The zero-order chi connectivity index (χ0) is 8.27. The summed E-state index contributed by atoms with van der Waals surface area (Å²) in [6, 6.07) is 0. The van der Waals surface area contributed by atoms with Gasteiger partial charge in [-0.25, -0.2) is 0 Å². The third-order valence-electron chi connectivity index (χ3n) is 1.74. The van der Waals surface area contributed by atoms with Crippen LogP contribution in [0.3, 0.4) is 0 Å². The van der Waals surface area contributed by atoms with Gasteiger partial charge >= 0.3 is 5.97 Å². The van der Waals surface area contributed by atoms with Crippen molar-refractivity contribution in [3.63, 3.8) is 0 Å². The Morgan fingerprint density at radius 3 is 3.00 bits per heavy atom. The highest BCUT2D eigenvalue weighted by Gasteiger charge is 2.22. The first-order valence-corrected chi connectivity index (χ1v) is 4.14. The average molecular weight is 157 g/mol. The van der Waals surface area contributed by atoms with Crippen LogP contribution in [0.2, 0.25) is 0 Å². The van der Waals surface area contributed by atoms with Gasteiger partial charge in [0.2, 0.25) is 0 Å². The van der Waals surface area contributed by atoms with Crippen molar-refractivity contribution in [1.29, 1.82) is 0 Å². The van der Waals surface area contributed by atoms with E-state index < -0.39 is 0 Å². The van der Waals surface area contributed by atoms with Gasteiger partial charge in [-0.3, -0.25) is 9.69 Å². The summed E-state index contributed by atoms with van der Waals surface area (Å²) in [5.41, 5.74) is 0. The molecule has 3 nitrogen and oxygen atoms in total. The third kappa shape index (κ3) is 2.50. The number of carbonyl (C=O) groups is 1. The normalized spacial score (nSPS) is 26.7. The molecule has 1 saturated heterocycles. The molecule has 0 spiro atoms. The minimum atomic E-state index is -0.0859. The Hall–Kier alpha value is -0.570. The fraction of sp³-hybridized carbons (Fsp3) is 0.875. The number of cyclic esters (lactones) is 1.